The third kappa shape index (κ3) is 2.79. The Morgan fingerprint density at radius 2 is 2.27 bits per heavy atom. The number of nitrogens with zero attached hydrogens (tertiary/aromatic N) is 1. The summed E-state index contributed by atoms with van der Waals surface area (Å²) in [6.07, 6.45) is 6.51. The van der Waals surface area contributed by atoms with Crippen molar-refractivity contribution in [3.63, 3.8) is 0 Å². The van der Waals surface area contributed by atoms with Gasteiger partial charge in [-0.25, -0.2) is 4.98 Å². The van der Waals surface area contributed by atoms with Gasteiger partial charge in [-0.05, 0) is 25.3 Å². The van der Waals surface area contributed by atoms with Gasteiger partial charge in [0.25, 0.3) is 0 Å². The molecule has 0 bridgehead atoms. The minimum Gasteiger partial charge on any atom is -0.330 e. The van der Waals surface area contributed by atoms with E-state index in [1.165, 1.54) is 36.4 Å². The van der Waals surface area contributed by atoms with E-state index in [-0.39, 0.29) is 0 Å². The molecule has 0 saturated heterocycles. The summed E-state index contributed by atoms with van der Waals surface area (Å²) in [5.74, 6) is 1.32. The van der Waals surface area contributed by atoms with Crippen molar-refractivity contribution in [2.24, 2.45) is 11.7 Å². The normalized spacial score (nSPS) is 19.6. The maximum Gasteiger partial charge on any atom is 0.0931 e. The molecule has 1 unspecified atom stereocenters. The molecule has 1 aromatic heterocycles. The molecule has 2 rings (SSSR count). The van der Waals surface area contributed by atoms with Crippen LogP contribution in [0.1, 0.15) is 49.2 Å². The predicted octanol–water partition coefficient (Wildman–Crippen LogP) is 2.94. The number of rotatable bonds is 4. The highest BCUT2D eigenvalue weighted by atomic mass is 32.1. The second-order valence-corrected chi connectivity index (χ2v) is 5.64. The summed E-state index contributed by atoms with van der Waals surface area (Å²) >= 11 is 1.81. The Morgan fingerprint density at radius 3 is 2.93 bits per heavy atom. The average Bonchev–Trinajstić information content (AvgIpc) is 2.85. The molecule has 2 nitrogen and oxygen atoms in total. The standard InChI is InChI=1S/C12H20N2S/c1-9(7-13)6-12-14-11(8-15-12)10-4-2-3-5-10/h8-10H,2-7,13H2,1H3. The molecule has 1 atom stereocenters. The van der Waals surface area contributed by atoms with Crippen LogP contribution >= 0.6 is 11.3 Å². The molecule has 1 fully saturated rings. The molecule has 15 heavy (non-hydrogen) atoms. The van der Waals surface area contributed by atoms with Crippen molar-refractivity contribution in [1.82, 2.24) is 4.98 Å². The molecule has 1 aliphatic carbocycles. The summed E-state index contributed by atoms with van der Waals surface area (Å²) in [5, 5.41) is 3.53. The lowest BCUT2D eigenvalue weighted by Crippen LogP contribution is -2.13. The van der Waals surface area contributed by atoms with Crippen LogP contribution in [-0.4, -0.2) is 11.5 Å². The van der Waals surface area contributed by atoms with Gasteiger partial charge in [-0.15, -0.1) is 11.3 Å². The van der Waals surface area contributed by atoms with Crippen molar-refractivity contribution in [3.8, 4) is 0 Å². The van der Waals surface area contributed by atoms with Crippen molar-refractivity contribution in [2.45, 2.75) is 44.9 Å². The van der Waals surface area contributed by atoms with Gasteiger partial charge in [0.2, 0.25) is 0 Å². The van der Waals surface area contributed by atoms with Crippen LogP contribution in [0.25, 0.3) is 0 Å². The molecule has 1 aromatic rings. The topological polar surface area (TPSA) is 38.9 Å². The summed E-state index contributed by atoms with van der Waals surface area (Å²) in [6.45, 7) is 2.95. The smallest absolute Gasteiger partial charge is 0.0931 e. The van der Waals surface area contributed by atoms with Crippen LogP contribution in [0.5, 0.6) is 0 Å². The largest absolute Gasteiger partial charge is 0.330 e. The number of thiazole rings is 1. The van der Waals surface area contributed by atoms with E-state index in [2.05, 4.69) is 12.3 Å². The van der Waals surface area contributed by atoms with Crippen LogP contribution in [0.15, 0.2) is 5.38 Å². The van der Waals surface area contributed by atoms with Gasteiger partial charge in [-0.1, -0.05) is 19.8 Å². The van der Waals surface area contributed by atoms with Gasteiger partial charge in [0.15, 0.2) is 0 Å². The molecule has 0 spiro atoms. The fraction of sp³-hybridized carbons (Fsp3) is 0.750. The lowest BCUT2D eigenvalue weighted by molar-refractivity contribution is 0.587. The number of hydrogen-bond donors (Lipinski definition) is 1. The van der Waals surface area contributed by atoms with Gasteiger partial charge < -0.3 is 5.73 Å². The van der Waals surface area contributed by atoms with Crippen LogP contribution in [0.2, 0.25) is 0 Å². The molecule has 0 aliphatic heterocycles. The highest BCUT2D eigenvalue weighted by molar-refractivity contribution is 7.09. The predicted molar refractivity (Wildman–Crippen MR) is 65.2 cm³/mol. The second-order valence-electron chi connectivity index (χ2n) is 4.69. The molecule has 1 saturated carbocycles. The summed E-state index contributed by atoms with van der Waals surface area (Å²) < 4.78 is 0. The van der Waals surface area contributed by atoms with E-state index in [4.69, 9.17) is 10.7 Å². The Balaban J connectivity index is 1.97. The van der Waals surface area contributed by atoms with E-state index < -0.39 is 0 Å². The lowest BCUT2D eigenvalue weighted by atomic mass is 10.1. The van der Waals surface area contributed by atoms with Crippen molar-refractivity contribution in [3.05, 3.63) is 16.1 Å². The molecular formula is C12H20N2S. The number of nitrogens with two attached hydrogens (primary N) is 1. The summed E-state index contributed by atoms with van der Waals surface area (Å²) in [5.41, 5.74) is 6.97. The van der Waals surface area contributed by atoms with E-state index >= 15 is 0 Å². The minimum absolute atomic E-state index is 0.563. The zero-order chi connectivity index (χ0) is 10.7. The first kappa shape index (κ1) is 11.1. The summed E-state index contributed by atoms with van der Waals surface area (Å²) in [7, 11) is 0. The van der Waals surface area contributed by atoms with Crippen LogP contribution < -0.4 is 5.73 Å². The zero-order valence-corrected chi connectivity index (χ0v) is 10.2. The monoisotopic (exact) mass is 224 g/mol. The molecule has 2 N–H and O–H groups in total. The van der Waals surface area contributed by atoms with Crippen molar-refractivity contribution < 1.29 is 0 Å². The Morgan fingerprint density at radius 1 is 1.53 bits per heavy atom. The van der Waals surface area contributed by atoms with Gasteiger partial charge in [0.1, 0.15) is 0 Å². The molecule has 0 radical (unpaired) electrons. The van der Waals surface area contributed by atoms with Gasteiger partial charge >= 0.3 is 0 Å². The van der Waals surface area contributed by atoms with E-state index in [1.807, 2.05) is 11.3 Å². The van der Waals surface area contributed by atoms with E-state index in [1.54, 1.807) is 0 Å². The summed E-state index contributed by atoms with van der Waals surface area (Å²) in [6, 6.07) is 0. The van der Waals surface area contributed by atoms with Crippen molar-refractivity contribution in [1.29, 1.82) is 0 Å². The third-order valence-corrected chi connectivity index (χ3v) is 4.16. The SMILES string of the molecule is CC(CN)Cc1nc(C2CCCC2)cs1. The zero-order valence-electron chi connectivity index (χ0n) is 9.41. The Hall–Kier alpha value is -0.410. The highest BCUT2D eigenvalue weighted by Gasteiger charge is 2.19. The van der Waals surface area contributed by atoms with Crippen molar-refractivity contribution >= 4 is 11.3 Å². The first-order valence-corrected chi connectivity index (χ1v) is 6.82. The fourth-order valence-corrected chi connectivity index (χ4v) is 3.25. The second kappa shape index (κ2) is 5.08. The lowest BCUT2D eigenvalue weighted by Gasteiger charge is -2.05. The fourth-order valence-electron chi connectivity index (χ4n) is 2.21. The third-order valence-electron chi connectivity index (χ3n) is 3.27. The number of aromatic nitrogens is 1. The quantitative estimate of drug-likeness (QED) is 0.854. The molecule has 0 aromatic carbocycles. The highest BCUT2D eigenvalue weighted by Crippen LogP contribution is 2.34. The average molecular weight is 224 g/mol. The van der Waals surface area contributed by atoms with Crippen LogP contribution in [0, 0.1) is 5.92 Å². The number of hydrogen-bond acceptors (Lipinski definition) is 3. The van der Waals surface area contributed by atoms with Crippen LogP contribution in [0.3, 0.4) is 0 Å². The van der Waals surface area contributed by atoms with Crippen molar-refractivity contribution in [2.75, 3.05) is 6.54 Å². The van der Waals surface area contributed by atoms with Gasteiger partial charge in [0.05, 0.1) is 10.7 Å². The first-order chi connectivity index (χ1) is 7.29. The minimum atomic E-state index is 0.563. The maximum atomic E-state index is 5.63. The van der Waals surface area contributed by atoms with E-state index in [0.717, 1.165) is 18.9 Å². The Labute approximate surface area is 95.9 Å². The first-order valence-electron chi connectivity index (χ1n) is 5.94. The van der Waals surface area contributed by atoms with Gasteiger partial charge in [-0.3, -0.25) is 0 Å². The Kier molecular flexibility index (Phi) is 3.76. The molecular weight excluding hydrogens is 204 g/mol. The Bertz CT molecular complexity index is 302. The molecule has 84 valence electrons. The van der Waals surface area contributed by atoms with Crippen LogP contribution in [0.4, 0.5) is 0 Å². The maximum absolute atomic E-state index is 5.63. The molecule has 1 aliphatic rings. The molecule has 3 heteroatoms. The van der Waals surface area contributed by atoms with E-state index in [0.29, 0.717) is 5.92 Å². The summed E-state index contributed by atoms with van der Waals surface area (Å²) in [4.78, 5) is 4.74. The van der Waals surface area contributed by atoms with Gasteiger partial charge in [0, 0.05) is 17.7 Å². The van der Waals surface area contributed by atoms with Gasteiger partial charge in [-0.2, -0.15) is 0 Å². The van der Waals surface area contributed by atoms with E-state index in [9.17, 15) is 0 Å². The molecule has 1 heterocycles. The van der Waals surface area contributed by atoms with Crippen LogP contribution in [-0.2, 0) is 6.42 Å². The molecule has 0 amide bonds.